The van der Waals surface area contributed by atoms with E-state index < -0.39 is 10.2 Å². The molecule has 2 unspecified atom stereocenters. The van der Waals surface area contributed by atoms with Crippen LogP contribution in [0, 0.1) is 11.8 Å². The van der Waals surface area contributed by atoms with E-state index >= 15 is 0 Å². The molecule has 1 heterocycles. The van der Waals surface area contributed by atoms with E-state index in [1.54, 1.807) is 15.7 Å². The summed E-state index contributed by atoms with van der Waals surface area (Å²) >= 11 is 0. The third kappa shape index (κ3) is 3.53. The SMILES string of the molecule is CC1CCCC(N(C)S(=O)(=O)N2CCC(CN)CC2)C1. The number of rotatable bonds is 4. The van der Waals surface area contributed by atoms with Gasteiger partial charge in [0.2, 0.25) is 0 Å². The normalized spacial score (nSPS) is 30.8. The van der Waals surface area contributed by atoms with Crippen molar-refractivity contribution < 1.29 is 8.42 Å². The van der Waals surface area contributed by atoms with E-state index in [0.717, 1.165) is 32.1 Å². The molecule has 0 aromatic heterocycles. The lowest BCUT2D eigenvalue weighted by Crippen LogP contribution is -2.50. The maximum absolute atomic E-state index is 12.7. The monoisotopic (exact) mass is 303 g/mol. The van der Waals surface area contributed by atoms with Gasteiger partial charge in [-0.2, -0.15) is 17.0 Å². The number of hydrogen-bond donors (Lipinski definition) is 1. The van der Waals surface area contributed by atoms with Crippen LogP contribution in [0.2, 0.25) is 0 Å². The summed E-state index contributed by atoms with van der Waals surface area (Å²) in [5.74, 6) is 1.12. The topological polar surface area (TPSA) is 66.6 Å². The van der Waals surface area contributed by atoms with Crippen molar-refractivity contribution in [3.05, 3.63) is 0 Å². The molecule has 2 fully saturated rings. The van der Waals surface area contributed by atoms with Crippen LogP contribution in [-0.2, 0) is 10.2 Å². The summed E-state index contributed by atoms with van der Waals surface area (Å²) in [5, 5.41) is 0. The summed E-state index contributed by atoms with van der Waals surface area (Å²) in [5.41, 5.74) is 5.67. The van der Waals surface area contributed by atoms with Gasteiger partial charge in [0.25, 0.3) is 10.2 Å². The fraction of sp³-hybridized carbons (Fsp3) is 1.00. The van der Waals surface area contributed by atoms with Crippen LogP contribution < -0.4 is 5.73 Å². The Hall–Kier alpha value is -0.170. The van der Waals surface area contributed by atoms with Gasteiger partial charge in [-0.1, -0.05) is 19.8 Å². The molecule has 0 amide bonds. The minimum absolute atomic E-state index is 0.177. The van der Waals surface area contributed by atoms with Gasteiger partial charge in [0.15, 0.2) is 0 Å². The predicted molar refractivity (Wildman–Crippen MR) is 81.5 cm³/mol. The van der Waals surface area contributed by atoms with Gasteiger partial charge in [-0.15, -0.1) is 0 Å². The number of nitrogens with two attached hydrogens (primary N) is 1. The Morgan fingerprint density at radius 2 is 1.85 bits per heavy atom. The van der Waals surface area contributed by atoms with Gasteiger partial charge in [0.05, 0.1) is 0 Å². The van der Waals surface area contributed by atoms with Crippen molar-refractivity contribution >= 4 is 10.2 Å². The van der Waals surface area contributed by atoms with Crippen molar-refractivity contribution in [2.24, 2.45) is 17.6 Å². The maximum Gasteiger partial charge on any atom is 0.281 e. The summed E-state index contributed by atoms with van der Waals surface area (Å²) in [4.78, 5) is 0. The first-order valence-electron chi connectivity index (χ1n) is 7.88. The third-order valence-corrected chi connectivity index (χ3v) is 7.06. The Bertz CT molecular complexity index is 405. The molecule has 2 atom stereocenters. The molecular weight excluding hydrogens is 274 g/mol. The van der Waals surface area contributed by atoms with Crippen molar-refractivity contribution in [3.63, 3.8) is 0 Å². The molecule has 0 radical (unpaired) electrons. The van der Waals surface area contributed by atoms with E-state index in [2.05, 4.69) is 6.92 Å². The molecular formula is C14H29N3O2S. The summed E-state index contributed by atoms with van der Waals surface area (Å²) in [6.07, 6.45) is 6.15. The molecule has 2 N–H and O–H groups in total. The van der Waals surface area contributed by atoms with Crippen LogP contribution in [0.3, 0.4) is 0 Å². The van der Waals surface area contributed by atoms with Gasteiger partial charge < -0.3 is 5.73 Å². The van der Waals surface area contributed by atoms with Crippen LogP contribution in [0.4, 0.5) is 0 Å². The Labute approximate surface area is 123 Å². The van der Waals surface area contributed by atoms with Crippen molar-refractivity contribution in [3.8, 4) is 0 Å². The van der Waals surface area contributed by atoms with E-state index in [9.17, 15) is 8.42 Å². The molecule has 1 aliphatic heterocycles. The quantitative estimate of drug-likeness (QED) is 0.854. The van der Waals surface area contributed by atoms with Crippen molar-refractivity contribution in [1.82, 2.24) is 8.61 Å². The van der Waals surface area contributed by atoms with E-state index in [1.165, 1.54) is 6.42 Å². The highest BCUT2D eigenvalue weighted by molar-refractivity contribution is 7.86. The second-order valence-corrected chi connectivity index (χ2v) is 8.52. The Morgan fingerprint density at radius 1 is 1.20 bits per heavy atom. The third-order valence-electron chi connectivity index (χ3n) is 5.02. The molecule has 0 bridgehead atoms. The van der Waals surface area contributed by atoms with E-state index in [4.69, 9.17) is 5.73 Å². The molecule has 0 aromatic rings. The van der Waals surface area contributed by atoms with Crippen molar-refractivity contribution in [1.29, 1.82) is 0 Å². The fourth-order valence-corrected chi connectivity index (χ4v) is 5.08. The van der Waals surface area contributed by atoms with Crippen LogP contribution in [-0.4, -0.2) is 49.8 Å². The number of nitrogens with zero attached hydrogens (tertiary/aromatic N) is 2. The molecule has 0 spiro atoms. The number of hydrogen-bond acceptors (Lipinski definition) is 3. The minimum atomic E-state index is -3.29. The first kappa shape index (κ1) is 16.2. The van der Waals surface area contributed by atoms with E-state index in [0.29, 0.717) is 31.5 Å². The fourth-order valence-electron chi connectivity index (χ4n) is 3.48. The summed E-state index contributed by atoms with van der Waals surface area (Å²) in [6.45, 7) is 4.14. The molecule has 1 saturated carbocycles. The molecule has 118 valence electrons. The lowest BCUT2D eigenvalue weighted by molar-refractivity contribution is 0.211. The molecule has 5 nitrogen and oxygen atoms in total. The minimum Gasteiger partial charge on any atom is -0.330 e. The molecule has 20 heavy (non-hydrogen) atoms. The second kappa shape index (κ2) is 6.73. The first-order chi connectivity index (χ1) is 9.45. The van der Waals surface area contributed by atoms with Crippen LogP contribution in [0.15, 0.2) is 0 Å². The van der Waals surface area contributed by atoms with E-state index in [1.807, 2.05) is 0 Å². The zero-order valence-corrected chi connectivity index (χ0v) is 13.6. The first-order valence-corrected chi connectivity index (χ1v) is 9.28. The zero-order valence-electron chi connectivity index (χ0n) is 12.8. The molecule has 1 aliphatic carbocycles. The van der Waals surface area contributed by atoms with Gasteiger partial charge in [0, 0.05) is 26.2 Å². The van der Waals surface area contributed by atoms with Gasteiger partial charge in [0.1, 0.15) is 0 Å². The standard InChI is InChI=1S/C14H29N3O2S/c1-12-4-3-5-14(10-12)16(2)20(18,19)17-8-6-13(11-15)7-9-17/h12-14H,3-11,15H2,1-2H3. The second-order valence-electron chi connectivity index (χ2n) is 6.53. The van der Waals surface area contributed by atoms with Crippen molar-refractivity contribution in [2.45, 2.75) is 51.5 Å². The molecule has 1 saturated heterocycles. The zero-order chi connectivity index (χ0) is 14.8. The number of piperidine rings is 1. The van der Waals surface area contributed by atoms with Crippen LogP contribution >= 0.6 is 0 Å². The molecule has 2 aliphatic rings. The van der Waals surface area contributed by atoms with Gasteiger partial charge in [-0.25, -0.2) is 0 Å². The predicted octanol–water partition coefficient (Wildman–Crippen LogP) is 1.41. The average Bonchev–Trinajstić information content (AvgIpc) is 2.46. The molecule has 6 heteroatoms. The van der Waals surface area contributed by atoms with Crippen LogP contribution in [0.5, 0.6) is 0 Å². The largest absolute Gasteiger partial charge is 0.330 e. The van der Waals surface area contributed by atoms with Gasteiger partial charge >= 0.3 is 0 Å². The average molecular weight is 303 g/mol. The summed E-state index contributed by atoms with van der Waals surface area (Å²) in [6, 6.07) is 0.177. The van der Waals surface area contributed by atoms with Crippen LogP contribution in [0.25, 0.3) is 0 Å². The molecule has 2 rings (SSSR count). The lowest BCUT2D eigenvalue weighted by Gasteiger charge is -2.38. The van der Waals surface area contributed by atoms with Crippen LogP contribution in [0.1, 0.15) is 45.4 Å². The highest BCUT2D eigenvalue weighted by Crippen LogP contribution is 2.29. The summed E-state index contributed by atoms with van der Waals surface area (Å²) in [7, 11) is -1.53. The Balaban J connectivity index is 1.98. The Kier molecular flexibility index (Phi) is 5.45. The van der Waals surface area contributed by atoms with Crippen molar-refractivity contribution in [2.75, 3.05) is 26.7 Å². The smallest absolute Gasteiger partial charge is 0.281 e. The highest BCUT2D eigenvalue weighted by atomic mass is 32.2. The summed E-state index contributed by atoms with van der Waals surface area (Å²) < 4.78 is 28.7. The lowest BCUT2D eigenvalue weighted by atomic mass is 9.87. The molecule has 0 aromatic carbocycles. The Morgan fingerprint density at radius 3 is 2.40 bits per heavy atom. The maximum atomic E-state index is 12.7. The highest BCUT2D eigenvalue weighted by Gasteiger charge is 2.35. The van der Waals surface area contributed by atoms with E-state index in [-0.39, 0.29) is 6.04 Å². The van der Waals surface area contributed by atoms with Gasteiger partial charge in [-0.05, 0) is 44.1 Å². The van der Waals surface area contributed by atoms with Gasteiger partial charge in [-0.3, -0.25) is 0 Å².